The lowest BCUT2D eigenvalue weighted by atomic mass is 10.1. The molecule has 2 aromatic carbocycles. The summed E-state index contributed by atoms with van der Waals surface area (Å²) in [5, 5.41) is 10.9. The van der Waals surface area contributed by atoms with Crippen LogP contribution < -0.4 is 20.1 Å². The van der Waals surface area contributed by atoms with E-state index in [0.29, 0.717) is 51.6 Å². The smallest absolute Gasteiger partial charge is 0.256 e. The number of fused-ring (bicyclic) bond motifs is 2. The highest BCUT2D eigenvalue weighted by Gasteiger charge is 2.20. The average Bonchev–Trinajstić information content (AvgIpc) is 3.49. The van der Waals surface area contributed by atoms with Crippen molar-refractivity contribution in [2.24, 2.45) is 0 Å². The summed E-state index contributed by atoms with van der Waals surface area (Å²) < 4.78 is 12.5. The lowest BCUT2D eigenvalue weighted by molar-refractivity contribution is 0.0951. The molecule has 0 fully saturated rings. The van der Waals surface area contributed by atoms with Crippen LogP contribution in [0, 0.1) is 6.92 Å². The number of para-hydroxylation sites is 1. The van der Waals surface area contributed by atoms with Crippen LogP contribution in [0.15, 0.2) is 54.7 Å². The van der Waals surface area contributed by atoms with Crippen molar-refractivity contribution in [3.8, 4) is 11.5 Å². The lowest BCUT2D eigenvalue weighted by Gasteiger charge is -2.13. The van der Waals surface area contributed by atoms with Crippen LogP contribution in [-0.2, 0) is 6.54 Å². The van der Waals surface area contributed by atoms with Gasteiger partial charge in [0.05, 0.1) is 28.4 Å². The number of carbonyl (C=O) groups excluding carboxylic acids is 2. The van der Waals surface area contributed by atoms with Crippen molar-refractivity contribution in [2.45, 2.75) is 33.4 Å². The van der Waals surface area contributed by atoms with E-state index < -0.39 is 0 Å². The van der Waals surface area contributed by atoms with E-state index in [9.17, 15) is 9.59 Å². The van der Waals surface area contributed by atoms with Gasteiger partial charge in [-0.25, -0.2) is 9.67 Å². The van der Waals surface area contributed by atoms with Gasteiger partial charge in [-0.1, -0.05) is 18.2 Å². The number of ether oxygens (including phenoxy) is 2. The van der Waals surface area contributed by atoms with Crippen LogP contribution >= 0.6 is 0 Å². The topological polar surface area (TPSA) is 107 Å². The minimum Gasteiger partial charge on any atom is -0.454 e. The van der Waals surface area contributed by atoms with Crippen LogP contribution in [0.3, 0.4) is 0 Å². The third-order valence-corrected chi connectivity index (χ3v) is 5.74. The molecule has 9 heteroatoms. The summed E-state index contributed by atoms with van der Waals surface area (Å²) in [5.41, 5.74) is 3.47. The van der Waals surface area contributed by atoms with Gasteiger partial charge in [0.25, 0.3) is 11.8 Å². The number of nitrogens with one attached hydrogen (secondary N) is 2. The van der Waals surface area contributed by atoms with Gasteiger partial charge in [-0.3, -0.25) is 9.59 Å². The predicted molar refractivity (Wildman–Crippen MR) is 131 cm³/mol. The first-order valence-electron chi connectivity index (χ1n) is 11.3. The lowest BCUT2D eigenvalue weighted by Crippen LogP contribution is -2.25. The van der Waals surface area contributed by atoms with Gasteiger partial charge in [-0.2, -0.15) is 5.10 Å². The monoisotopic (exact) mass is 471 g/mol. The van der Waals surface area contributed by atoms with Gasteiger partial charge >= 0.3 is 0 Å². The summed E-state index contributed by atoms with van der Waals surface area (Å²) in [6.45, 7) is 6.35. The van der Waals surface area contributed by atoms with Gasteiger partial charge in [0, 0.05) is 18.3 Å². The molecule has 3 heterocycles. The molecule has 0 aliphatic carbocycles. The summed E-state index contributed by atoms with van der Waals surface area (Å²) in [5.74, 6) is 0.707. The Bertz CT molecular complexity index is 1440. The molecule has 0 atom stereocenters. The molecule has 2 N–H and O–H groups in total. The number of rotatable bonds is 6. The van der Waals surface area contributed by atoms with E-state index in [2.05, 4.69) is 20.7 Å². The van der Waals surface area contributed by atoms with E-state index in [1.807, 2.05) is 39.0 Å². The zero-order chi connectivity index (χ0) is 24.5. The van der Waals surface area contributed by atoms with Crippen LogP contribution in [-0.4, -0.2) is 33.4 Å². The van der Waals surface area contributed by atoms with E-state index in [0.717, 1.165) is 5.56 Å². The number of carbonyl (C=O) groups is 2. The van der Waals surface area contributed by atoms with E-state index >= 15 is 0 Å². The molecule has 2 aromatic heterocycles. The number of hydrogen-bond acceptors (Lipinski definition) is 6. The molecule has 0 bridgehead atoms. The van der Waals surface area contributed by atoms with Gasteiger partial charge in [0.1, 0.15) is 0 Å². The van der Waals surface area contributed by atoms with E-state index in [-0.39, 0.29) is 24.6 Å². The molecule has 2 amide bonds. The molecule has 0 spiro atoms. The fourth-order valence-corrected chi connectivity index (χ4v) is 4.02. The molecule has 9 nitrogen and oxygen atoms in total. The highest BCUT2D eigenvalue weighted by atomic mass is 16.7. The summed E-state index contributed by atoms with van der Waals surface area (Å²) in [6, 6.07) is 14.3. The number of nitrogens with zero attached hydrogens (tertiary/aromatic N) is 3. The standard InChI is InChI=1S/C26H25N5O4/c1-15(2)31-24-20(13-28-31)19(10-16(3)29-24)26(33)30-21-7-5-4-6-18(21)25(32)27-12-17-8-9-22-23(11-17)35-14-34-22/h4-11,13,15H,12,14H2,1-3H3,(H,27,32)(H,30,33). The zero-order valence-corrected chi connectivity index (χ0v) is 19.7. The number of hydrogen-bond donors (Lipinski definition) is 2. The Morgan fingerprint density at radius 3 is 2.66 bits per heavy atom. The second-order valence-electron chi connectivity index (χ2n) is 8.60. The third kappa shape index (κ3) is 4.40. The number of pyridine rings is 1. The van der Waals surface area contributed by atoms with Gasteiger partial charge in [0.15, 0.2) is 17.1 Å². The molecule has 4 aromatic rings. The third-order valence-electron chi connectivity index (χ3n) is 5.74. The fraction of sp³-hybridized carbons (Fsp3) is 0.231. The maximum Gasteiger partial charge on any atom is 0.256 e. The molecule has 1 aliphatic heterocycles. The van der Waals surface area contributed by atoms with Crippen molar-refractivity contribution in [2.75, 3.05) is 12.1 Å². The molecule has 0 saturated heterocycles. The average molecular weight is 472 g/mol. The van der Waals surface area contributed by atoms with Crippen LogP contribution in [0.1, 0.15) is 51.9 Å². The first kappa shape index (κ1) is 22.4. The second-order valence-corrected chi connectivity index (χ2v) is 8.60. The number of aromatic nitrogens is 3. The Kier molecular flexibility index (Phi) is 5.82. The van der Waals surface area contributed by atoms with Gasteiger partial charge in [-0.05, 0) is 56.7 Å². The van der Waals surface area contributed by atoms with E-state index in [1.165, 1.54) is 0 Å². The first-order valence-corrected chi connectivity index (χ1v) is 11.3. The fourth-order valence-electron chi connectivity index (χ4n) is 4.02. The Hall–Kier alpha value is -4.40. The Morgan fingerprint density at radius 1 is 1.03 bits per heavy atom. The van der Waals surface area contributed by atoms with Crippen LogP contribution in [0.25, 0.3) is 11.0 Å². The predicted octanol–water partition coefficient (Wildman–Crippen LogP) is 4.23. The van der Waals surface area contributed by atoms with Crippen molar-refractivity contribution in [3.05, 3.63) is 77.1 Å². The minimum absolute atomic E-state index is 0.104. The van der Waals surface area contributed by atoms with Crippen molar-refractivity contribution in [3.63, 3.8) is 0 Å². The van der Waals surface area contributed by atoms with Crippen LogP contribution in [0.2, 0.25) is 0 Å². The molecular weight excluding hydrogens is 446 g/mol. The number of amides is 2. The minimum atomic E-state index is -0.333. The summed E-state index contributed by atoms with van der Waals surface area (Å²) in [6.07, 6.45) is 1.65. The number of benzene rings is 2. The SMILES string of the molecule is Cc1cc(C(=O)Nc2ccccc2C(=O)NCc2ccc3c(c2)OCO3)c2cnn(C(C)C)c2n1. The van der Waals surface area contributed by atoms with Crippen molar-refractivity contribution >= 4 is 28.5 Å². The molecular formula is C26H25N5O4. The summed E-state index contributed by atoms with van der Waals surface area (Å²) in [7, 11) is 0. The molecule has 0 radical (unpaired) electrons. The largest absolute Gasteiger partial charge is 0.454 e. The summed E-state index contributed by atoms with van der Waals surface area (Å²) >= 11 is 0. The van der Waals surface area contributed by atoms with Crippen molar-refractivity contribution in [1.29, 1.82) is 0 Å². The van der Waals surface area contributed by atoms with Gasteiger partial charge in [0.2, 0.25) is 6.79 Å². The zero-order valence-electron chi connectivity index (χ0n) is 19.7. The Balaban J connectivity index is 1.36. The molecule has 0 unspecified atom stereocenters. The molecule has 178 valence electrons. The Morgan fingerprint density at radius 2 is 1.83 bits per heavy atom. The Labute approximate surface area is 202 Å². The molecule has 1 aliphatic rings. The highest BCUT2D eigenvalue weighted by Crippen LogP contribution is 2.32. The van der Waals surface area contributed by atoms with E-state index in [1.54, 1.807) is 41.2 Å². The van der Waals surface area contributed by atoms with Gasteiger partial charge < -0.3 is 20.1 Å². The maximum absolute atomic E-state index is 13.3. The second kappa shape index (κ2) is 9.09. The normalized spacial score (nSPS) is 12.2. The van der Waals surface area contributed by atoms with Crippen molar-refractivity contribution < 1.29 is 19.1 Å². The number of aryl methyl sites for hydroxylation is 1. The van der Waals surface area contributed by atoms with E-state index in [4.69, 9.17) is 9.47 Å². The molecule has 5 rings (SSSR count). The van der Waals surface area contributed by atoms with Crippen LogP contribution in [0.4, 0.5) is 5.69 Å². The molecule has 0 saturated carbocycles. The summed E-state index contributed by atoms with van der Waals surface area (Å²) in [4.78, 5) is 30.8. The van der Waals surface area contributed by atoms with Crippen molar-refractivity contribution in [1.82, 2.24) is 20.1 Å². The quantitative estimate of drug-likeness (QED) is 0.436. The highest BCUT2D eigenvalue weighted by molar-refractivity contribution is 6.14. The van der Waals surface area contributed by atoms with Crippen LogP contribution in [0.5, 0.6) is 11.5 Å². The van der Waals surface area contributed by atoms with Gasteiger partial charge in [-0.15, -0.1) is 0 Å². The molecule has 35 heavy (non-hydrogen) atoms. The first-order chi connectivity index (χ1) is 16.9. The number of anilines is 1. The maximum atomic E-state index is 13.3.